The zero-order valence-electron chi connectivity index (χ0n) is 10.6. The van der Waals surface area contributed by atoms with E-state index in [1.54, 1.807) is 6.92 Å². The number of nitrogens with zero attached hydrogens (tertiary/aromatic N) is 1. The molecule has 0 amide bonds. The fourth-order valence-electron chi connectivity index (χ4n) is 2.35. The highest BCUT2D eigenvalue weighted by atomic mass is 32.2. The topological polar surface area (TPSA) is 112 Å². The first-order valence-corrected chi connectivity index (χ1v) is 7.63. The van der Waals surface area contributed by atoms with Crippen molar-refractivity contribution in [2.24, 2.45) is 5.92 Å². The molecule has 0 atom stereocenters. The summed E-state index contributed by atoms with van der Waals surface area (Å²) in [7, 11) is -3.58. The molecule has 19 heavy (non-hydrogen) atoms. The van der Waals surface area contributed by atoms with Gasteiger partial charge in [-0.1, -0.05) is 0 Å². The minimum absolute atomic E-state index is 0.146. The Morgan fingerprint density at radius 3 is 2.53 bits per heavy atom. The SMILES string of the molecule is Cc1[nH]ncc1S(=O)(=O)NC1CCC(C(=O)O)CC1. The molecule has 1 fully saturated rings. The van der Waals surface area contributed by atoms with Gasteiger partial charge in [-0.15, -0.1) is 0 Å². The maximum atomic E-state index is 12.1. The van der Waals surface area contributed by atoms with Gasteiger partial charge in [-0.3, -0.25) is 9.89 Å². The lowest BCUT2D eigenvalue weighted by Crippen LogP contribution is -2.38. The number of aryl methyl sites for hydroxylation is 1. The number of hydrogen-bond donors (Lipinski definition) is 3. The quantitative estimate of drug-likeness (QED) is 0.752. The van der Waals surface area contributed by atoms with Crippen LogP contribution in [-0.4, -0.2) is 35.7 Å². The van der Waals surface area contributed by atoms with Crippen molar-refractivity contribution < 1.29 is 18.3 Å². The van der Waals surface area contributed by atoms with Gasteiger partial charge in [0.1, 0.15) is 4.90 Å². The zero-order valence-corrected chi connectivity index (χ0v) is 11.4. The third-order valence-electron chi connectivity index (χ3n) is 3.47. The van der Waals surface area contributed by atoms with Crippen LogP contribution in [0.2, 0.25) is 0 Å². The van der Waals surface area contributed by atoms with Gasteiger partial charge < -0.3 is 5.11 Å². The number of carboxylic acids is 1. The molecular weight excluding hydrogens is 270 g/mol. The summed E-state index contributed by atoms with van der Waals surface area (Å²) in [5.41, 5.74) is 0.492. The first-order chi connectivity index (χ1) is 8.90. The number of nitrogens with one attached hydrogen (secondary N) is 2. The molecule has 2 rings (SSSR count). The van der Waals surface area contributed by atoms with E-state index in [9.17, 15) is 13.2 Å². The van der Waals surface area contributed by atoms with Crippen LogP contribution >= 0.6 is 0 Å². The molecular formula is C11H17N3O4S. The van der Waals surface area contributed by atoms with Crippen molar-refractivity contribution in [2.75, 3.05) is 0 Å². The Morgan fingerprint density at radius 1 is 1.42 bits per heavy atom. The molecule has 0 spiro atoms. The molecule has 0 unspecified atom stereocenters. The number of carbonyl (C=O) groups is 1. The summed E-state index contributed by atoms with van der Waals surface area (Å²) in [4.78, 5) is 11.0. The highest BCUT2D eigenvalue weighted by Crippen LogP contribution is 2.25. The average Bonchev–Trinajstić information content (AvgIpc) is 2.76. The Balaban J connectivity index is 2.00. The van der Waals surface area contributed by atoms with E-state index in [-0.39, 0.29) is 16.9 Å². The number of sulfonamides is 1. The van der Waals surface area contributed by atoms with Crippen LogP contribution < -0.4 is 4.72 Å². The van der Waals surface area contributed by atoms with Crippen LogP contribution in [0.25, 0.3) is 0 Å². The maximum absolute atomic E-state index is 12.1. The minimum atomic E-state index is -3.58. The second-order valence-electron chi connectivity index (χ2n) is 4.87. The number of rotatable bonds is 4. The Morgan fingerprint density at radius 2 is 2.05 bits per heavy atom. The van der Waals surface area contributed by atoms with Gasteiger partial charge >= 0.3 is 5.97 Å². The van der Waals surface area contributed by atoms with Gasteiger partial charge in [-0.05, 0) is 32.6 Å². The normalized spacial score (nSPS) is 24.3. The summed E-state index contributed by atoms with van der Waals surface area (Å²) >= 11 is 0. The molecule has 8 heteroatoms. The summed E-state index contributed by atoms with van der Waals surface area (Å²) in [5, 5.41) is 15.2. The van der Waals surface area contributed by atoms with E-state index in [0.29, 0.717) is 31.4 Å². The zero-order chi connectivity index (χ0) is 14.0. The third-order valence-corrected chi connectivity index (χ3v) is 5.11. The second kappa shape index (κ2) is 5.30. The van der Waals surface area contributed by atoms with Gasteiger partial charge in [0, 0.05) is 6.04 Å². The van der Waals surface area contributed by atoms with E-state index in [4.69, 9.17) is 5.11 Å². The fourth-order valence-corrected chi connectivity index (χ4v) is 3.79. The molecule has 3 N–H and O–H groups in total. The van der Waals surface area contributed by atoms with Crippen molar-refractivity contribution in [1.82, 2.24) is 14.9 Å². The number of H-pyrrole nitrogens is 1. The minimum Gasteiger partial charge on any atom is -0.481 e. The Hall–Kier alpha value is -1.41. The molecule has 0 radical (unpaired) electrons. The predicted molar refractivity (Wildman–Crippen MR) is 67.0 cm³/mol. The Labute approximate surface area is 111 Å². The molecule has 106 valence electrons. The smallest absolute Gasteiger partial charge is 0.306 e. The fraction of sp³-hybridized carbons (Fsp3) is 0.636. The summed E-state index contributed by atoms with van der Waals surface area (Å²) in [6, 6.07) is -0.199. The summed E-state index contributed by atoms with van der Waals surface area (Å²) in [6.07, 6.45) is 3.39. The highest BCUT2D eigenvalue weighted by Gasteiger charge is 2.29. The number of carboxylic acid groups (broad SMARTS) is 1. The van der Waals surface area contributed by atoms with Crippen molar-refractivity contribution in [3.05, 3.63) is 11.9 Å². The van der Waals surface area contributed by atoms with Crippen molar-refractivity contribution in [3.8, 4) is 0 Å². The molecule has 7 nitrogen and oxygen atoms in total. The first kappa shape index (κ1) is 14.0. The second-order valence-corrected chi connectivity index (χ2v) is 6.55. The number of hydrogen-bond acceptors (Lipinski definition) is 4. The van der Waals surface area contributed by atoms with E-state index in [1.807, 2.05) is 0 Å². The lowest BCUT2D eigenvalue weighted by Gasteiger charge is -2.26. The number of aliphatic carboxylic acids is 1. The summed E-state index contributed by atoms with van der Waals surface area (Å²) in [5.74, 6) is -1.15. The van der Waals surface area contributed by atoms with Crippen molar-refractivity contribution in [2.45, 2.75) is 43.5 Å². The average molecular weight is 287 g/mol. The lowest BCUT2D eigenvalue weighted by atomic mass is 9.87. The van der Waals surface area contributed by atoms with Crippen LogP contribution in [0.15, 0.2) is 11.1 Å². The van der Waals surface area contributed by atoms with Crippen LogP contribution in [-0.2, 0) is 14.8 Å². The maximum Gasteiger partial charge on any atom is 0.306 e. The van der Waals surface area contributed by atoms with Crippen LogP contribution in [0, 0.1) is 12.8 Å². The molecule has 0 saturated heterocycles. The van der Waals surface area contributed by atoms with Crippen LogP contribution in [0.4, 0.5) is 0 Å². The van der Waals surface area contributed by atoms with Crippen LogP contribution in [0.5, 0.6) is 0 Å². The largest absolute Gasteiger partial charge is 0.481 e. The van der Waals surface area contributed by atoms with E-state index in [2.05, 4.69) is 14.9 Å². The van der Waals surface area contributed by atoms with Gasteiger partial charge in [-0.2, -0.15) is 5.10 Å². The molecule has 1 aromatic rings. The van der Waals surface area contributed by atoms with E-state index in [1.165, 1.54) is 6.20 Å². The number of aromatic amines is 1. The summed E-state index contributed by atoms with van der Waals surface area (Å²) in [6.45, 7) is 1.64. The van der Waals surface area contributed by atoms with E-state index < -0.39 is 16.0 Å². The Bertz CT molecular complexity index is 558. The highest BCUT2D eigenvalue weighted by molar-refractivity contribution is 7.89. The van der Waals surface area contributed by atoms with Crippen molar-refractivity contribution in [3.63, 3.8) is 0 Å². The van der Waals surface area contributed by atoms with Gasteiger partial charge in [0.25, 0.3) is 0 Å². The monoisotopic (exact) mass is 287 g/mol. The predicted octanol–water partition coefficient (Wildman–Crippen LogP) is 0.640. The molecule has 0 aliphatic heterocycles. The lowest BCUT2D eigenvalue weighted by molar-refractivity contribution is -0.142. The molecule has 1 aromatic heterocycles. The molecule has 0 bridgehead atoms. The van der Waals surface area contributed by atoms with Crippen LogP contribution in [0.1, 0.15) is 31.4 Å². The van der Waals surface area contributed by atoms with Gasteiger partial charge in [0.15, 0.2) is 0 Å². The van der Waals surface area contributed by atoms with E-state index >= 15 is 0 Å². The van der Waals surface area contributed by atoms with Crippen molar-refractivity contribution >= 4 is 16.0 Å². The molecule has 1 heterocycles. The molecule has 1 aliphatic rings. The Kier molecular flexibility index (Phi) is 3.91. The van der Waals surface area contributed by atoms with Crippen LogP contribution in [0.3, 0.4) is 0 Å². The molecule has 0 aromatic carbocycles. The van der Waals surface area contributed by atoms with Gasteiger partial charge in [-0.25, -0.2) is 13.1 Å². The van der Waals surface area contributed by atoms with E-state index in [0.717, 1.165) is 0 Å². The van der Waals surface area contributed by atoms with Crippen molar-refractivity contribution in [1.29, 1.82) is 0 Å². The van der Waals surface area contributed by atoms with Gasteiger partial charge in [0.2, 0.25) is 10.0 Å². The third kappa shape index (κ3) is 3.13. The molecule has 1 saturated carbocycles. The van der Waals surface area contributed by atoms with Gasteiger partial charge in [0.05, 0.1) is 17.8 Å². The summed E-state index contributed by atoms with van der Waals surface area (Å²) < 4.78 is 26.8. The number of aromatic nitrogens is 2. The molecule has 1 aliphatic carbocycles. The first-order valence-electron chi connectivity index (χ1n) is 6.15. The standard InChI is InChI=1S/C11H17N3O4S/c1-7-10(6-12-13-7)19(17,18)14-9-4-2-8(3-5-9)11(15)16/h6,8-9,14H,2-5H2,1H3,(H,12,13)(H,15,16).